The van der Waals surface area contributed by atoms with Crippen molar-refractivity contribution in [3.05, 3.63) is 131 Å². The summed E-state index contributed by atoms with van der Waals surface area (Å²) >= 11 is 3.37. The van der Waals surface area contributed by atoms with E-state index < -0.39 is 42.5 Å². The summed E-state index contributed by atoms with van der Waals surface area (Å²) in [6.45, 7) is 0. The summed E-state index contributed by atoms with van der Waals surface area (Å²) in [5.74, 6) is -1.50. The van der Waals surface area contributed by atoms with E-state index in [4.69, 9.17) is 20.3 Å². The van der Waals surface area contributed by atoms with Crippen LogP contribution in [-0.2, 0) is 55.2 Å². The molecule has 4 N–H and O–H groups in total. The van der Waals surface area contributed by atoms with Crippen molar-refractivity contribution < 1.29 is 76.6 Å². The van der Waals surface area contributed by atoms with E-state index in [1.807, 2.05) is 36.4 Å². The van der Waals surface area contributed by atoms with Gasteiger partial charge in [-0.25, -0.2) is 0 Å². The number of carboxylic acid groups (broad SMARTS) is 2. The average Bonchev–Trinajstić information content (AvgIpc) is 3.06. The molecule has 4 aromatic rings. The summed E-state index contributed by atoms with van der Waals surface area (Å²) in [4.78, 5) is 20.7. The summed E-state index contributed by atoms with van der Waals surface area (Å²) in [7, 11) is -1.73. The maximum Gasteiger partial charge on any atom is 0.488 e. The van der Waals surface area contributed by atoms with Crippen LogP contribution in [0.3, 0.4) is 0 Å². The molecule has 0 heterocycles. The van der Waals surface area contributed by atoms with Crippen molar-refractivity contribution in [2.45, 2.75) is 71.1 Å². The third-order valence-corrected chi connectivity index (χ3v) is 7.69. The summed E-state index contributed by atoms with van der Waals surface area (Å²) in [5, 5.41) is 34.2. The van der Waals surface area contributed by atoms with E-state index in [1.165, 1.54) is 17.7 Å². The van der Waals surface area contributed by atoms with Gasteiger partial charge in [-0.3, -0.25) is 9.59 Å². The minimum absolute atomic E-state index is 0. The molecule has 0 saturated carbocycles. The Labute approximate surface area is 329 Å². The molecule has 0 aromatic heterocycles. The average molecular weight is 907 g/mol. The maximum absolute atomic E-state index is 12.5. The molecule has 0 aliphatic rings. The number of carboxylic acids is 2. The monoisotopic (exact) mass is 905 g/mol. The quantitative estimate of drug-likeness (QED) is 0.0488. The van der Waals surface area contributed by atoms with Crippen LogP contribution in [-0.4, -0.2) is 39.3 Å². The summed E-state index contributed by atoms with van der Waals surface area (Å²) in [6, 6.07) is 24.4. The minimum Gasteiger partial charge on any atom is -0.481 e. The van der Waals surface area contributed by atoms with Gasteiger partial charge in [-0.05, 0) is 90.5 Å². The fourth-order valence-electron chi connectivity index (χ4n) is 4.42. The summed E-state index contributed by atoms with van der Waals surface area (Å²) < 4.78 is 74.7. The molecule has 0 atom stereocenters. The molecule has 294 valence electrons. The van der Waals surface area contributed by atoms with E-state index in [0.29, 0.717) is 6.42 Å². The van der Waals surface area contributed by atoms with Crippen molar-refractivity contribution in [2.24, 2.45) is 0 Å². The number of rotatable bonds is 12. The number of benzene rings is 4. The van der Waals surface area contributed by atoms with Crippen LogP contribution in [0, 0.1) is 7.43 Å². The Bertz CT molecular complexity index is 1600. The number of halogens is 7. The van der Waals surface area contributed by atoms with Crippen LogP contribution in [0.4, 0.5) is 26.3 Å². The van der Waals surface area contributed by atoms with Crippen LogP contribution in [0.15, 0.2) is 102 Å². The van der Waals surface area contributed by atoms with Gasteiger partial charge in [-0.15, -0.1) is 0 Å². The Balaban J connectivity index is 0. The number of unbranched alkanes of at least 4 members (excludes halogenated alkanes) is 2. The van der Waals surface area contributed by atoms with Gasteiger partial charge >= 0.3 is 31.4 Å². The number of aryl methyl sites for hydroxylation is 2. The van der Waals surface area contributed by atoms with Crippen LogP contribution < -0.4 is 5.46 Å². The number of alkyl halides is 6. The number of carbonyl (C=O) groups is 2. The molecule has 4 rings (SSSR count). The Hall–Kier alpha value is -3.47. The molecule has 0 aliphatic carbocycles. The Kier molecular flexibility index (Phi) is 24.9. The molecule has 15 heteroatoms. The van der Waals surface area contributed by atoms with E-state index >= 15 is 0 Å². The zero-order chi connectivity index (χ0) is 37.3. The fraction of sp³-hybridized carbons (Fsp3) is 0.289. The van der Waals surface area contributed by atoms with E-state index in [2.05, 4.69) is 28.1 Å². The first kappa shape index (κ1) is 51.6. The third kappa shape index (κ3) is 21.1. The molecular formula is C38H43BBrF6O6Pd-. The van der Waals surface area contributed by atoms with Gasteiger partial charge in [0.1, 0.15) is 0 Å². The van der Waals surface area contributed by atoms with Crippen LogP contribution in [0.2, 0.25) is 0 Å². The predicted octanol–water partition coefficient (Wildman–Crippen LogP) is 9.89. The second-order valence-electron chi connectivity index (χ2n) is 11.1. The van der Waals surface area contributed by atoms with Crippen molar-refractivity contribution in [3.63, 3.8) is 0 Å². The smallest absolute Gasteiger partial charge is 0.481 e. The van der Waals surface area contributed by atoms with Gasteiger partial charge in [0.05, 0.1) is 11.1 Å². The molecule has 53 heavy (non-hydrogen) atoms. The summed E-state index contributed by atoms with van der Waals surface area (Å²) in [5.41, 5.74) is 2.51. The second-order valence-corrected chi connectivity index (χ2v) is 12.0. The standard InChI is InChI=1S/C18H17F3O2.C11H13BrO2.C7H6BF3O2.CH4.CH3.Pd/c19-18(20,21)16-11-9-15(10-12-16)14-7-5-13(6-8-14)3-1-2-4-17(22)23;12-10-7-5-9(6-8-10)3-1-2-4-11(13)14;9-7(10,11)5-1-3-6(4-2-5)8(12)13;;;/h5-12H,1-4H2,(H,22,23);5-8H,1-4H2,(H,13,14);1-4,12-13H;1H4;1H3;/q;;;;-1;. The second kappa shape index (κ2) is 25.5. The molecule has 0 aliphatic heterocycles. The van der Waals surface area contributed by atoms with Gasteiger partial charge in [-0.1, -0.05) is 96.2 Å². The van der Waals surface area contributed by atoms with Crippen molar-refractivity contribution in [2.75, 3.05) is 0 Å². The van der Waals surface area contributed by atoms with E-state index in [9.17, 15) is 35.9 Å². The van der Waals surface area contributed by atoms with Crippen LogP contribution in [0.25, 0.3) is 11.1 Å². The van der Waals surface area contributed by atoms with Gasteiger partial charge in [0.25, 0.3) is 0 Å². The Morgan fingerprint density at radius 2 is 0.887 bits per heavy atom. The predicted molar refractivity (Wildman–Crippen MR) is 196 cm³/mol. The van der Waals surface area contributed by atoms with E-state index in [-0.39, 0.29) is 53.6 Å². The van der Waals surface area contributed by atoms with Crippen LogP contribution in [0.1, 0.15) is 68.2 Å². The molecule has 0 fully saturated rings. The molecule has 0 saturated heterocycles. The van der Waals surface area contributed by atoms with Gasteiger partial charge in [-0.2, -0.15) is 26.3 Å². The van der Waals surface area contributed by atoms with E-state index in [1.54, 1.807) is 0 Å². The molecular weight excluding hydrogens is 864 g/mol. The normalized spacial score (nSPS) is 10.4. The molecule has 0 amide bonds. The van der Waals surface area contributed by atoms with Gasteiger partial charge in [0, 0.05) is 37.7 Å². The minimum atomic E-state index is -4.39. The first-order valence-electron chi connectivity index (χ1n) is 15.4. The molecule has 0 unspecified atom stereocenters. The summed E-state index contributed by atoms with van der Waals surface area (Å²) in [6.07, 6.45) is -3.39. The maximum atomic E-state index is 12.5. The Morgan fingerprint density at radius 3 is 1.21 bits per heavy atom. The first-order valence-corrected chi connectivity index (χ1v) is 16.2. The van der Waals surface area contributed by atoms with Crippen molar-refractivity contribution in [3.8, 4) is 11.1 Å². The van der Waals surface area contributed by atoms with Gasteiger partial charge < -0.3 is 27.7 Å². The van der Waals surface area contributed by atoms with Gasteiger partial charge in [0.15, 0.2) is 0 Å². The number of hydrogen-bond donors (Lipinski definition) is 4. The molecule has 0 bridgehead atoms. The molecule has 0 spiro atoms. The van der Waals surface area contributed by atoms with Crippen LogP contribution in [0.5, 0.6) is 0 Å². The number of aliphatic carboxylic acids is 2. The molecule has 6 nitrogen and oxygen atoms in total. The fourth-order valence-corrected chi connectivity index (χ4v) is 4.69. The third-order valence-electron chi connectivity index (χ3n) is 7.16. The largest absolute Gasteiger partial charge is 0.488 e. The molecule has 4 aromatic carbocycles. The van der Waals surface area contributed by atoms with Crippen molar-refractivity contribution >= 4 is 40.4 Å². The SMILES string of the molecule is C.O=C(O)CCCCc1ccc(-c2ccc(C(F)(F)F)cc2)cc1.O=C(O)CCCCc1ccc(Br)cc1.OB(O)c1ccc(C(F)(F)F)cc1.[CH3-].[Pd]. The zero-order valence-corrected chi connectivity index (χ0v) is 31.2. The van der Waals surface area contributed by atoms with Gasteiger partial charge in [0.2, 0.25) is 0 Å². The Morgan fingerprint density at radius 1 is 0.566 bits per heavy atom. The van der Waals surface area contributed by atoms with Crippen molar-refractivity contribution in [1.82, 2.24) is 0 Å². The topological polar surface area (TPSA) is 115 Å². The molecule has 0 radical (unpaired) electrons. The zero-order valence-electron chi connectivity index (χ0n) is 28.0. The van der Waals surface area contributed by atoms with Crippen LogP contribution >= 0.6 is 15.9 Å². The van der Waals surface area contributed by atoms with E-state index in [0.717, 1.165) is 89.7 Å². The van der Waals surface area contributed by atoms with Crippen molar-refractivity contribution in [1.29, 1.82) is 0 Å². The number of hydrogen-bond acceptors (Lipinski definition) is 4. The first-order chi connectivity index (χ1) is 23.5.